The topological polar surface area (TPSA) is 60.2 Å². The van der Waals surface area contributed by atoms with Crippen molar-refractivity contribution in [2.45, 2.75) is 18.0 Å². The first kappa shape index (κ1) is 14.5. The molecular weight excluding hydrogens is 271 g/mol. The molecule has 0 aliphatic carbocycles. The van der Waals surface area contributed by atoms with Gasteiger partial charge in [-0.15, -0.1) is 11.6 Å². The fourth-order valence-corrected chi connectivity index (χ4v) is 1.39. The number of hydrogen-bond acceptors (Lipinski definition) is 2. The fourth-order valence-electron chi connectivity index (χ4n) is 1.25. The van der Waals surface area contributed by atoms with E-state index in [1.165, 1.54) is 6.07 Å². The third-order valence-corrected chi connectivity index (χ3v) is 2.55. The van der Waals surface area contributed by atoms with E-state index in [0.29, 0.717) is 6.07 Å². The Labute approximate surface area is 106 Å². The van der Waals surface area contributed by atoms with E-state index in [-0.39, 0.29) is 5.56 Å². The standard InChI is InChI=1S/C11H9ClF3NO2/c12-8(10(16)18)5-9(17)6-2-1-3-7(4-6)11(13,14)15/h1-4,8H,5H2,(H2,16,18). The quantitative estimate of drug-likeness (QED) is 0.679. The van der Waals surface area contributed by atoms with Gasteiger partial charge < -0.3 is 5.73 Å². The van der Waals surface area contributed by atoms with E-state index in [2.05, 4.69) is 0 Å². The summed E-state index contributed by atoms with van der Waals surface area (Å²) in [5.74, 6) is -1.56. The zero-order valence-electron chi connectivity index (χ0n) is 9.00. The van der Waals surface area contributed by atoms with Gasteiger partial charge in [-0.1, -0.05) is 12.1 Å². The molecule has 0 bridgehead atoms. The second-order valence-corrected chi connectivity index (χ2v) is 4.10. The Morgan fingerprint density at radius 2 is 1.94 bits per heavy atom. The molecule has 1 amide bonds. The fraction of sp³-hybridized carbons (Fsp3) is 0.273. The van der Waals surface area contributed by atoms with Crippen LogP contribution in [0, 0.1) is 0 Å². The maximum absolute atomic E-state index is 12.4. The highest BCUT2D eigenvalue weighted by atomic mass is 35.5. The van der Waals surface area contributed by atoms with E-state index in [1.807, 2.05) is 0 Å². The van der Waals surface area contributed by atoms with Crippen molar-refractivity contribution in [1.82, 2.24) is 0 Å². The lowest BCUT2D eigenvalue weighted by molar-refractivity contribution is -0.137. The third-order valence-electron chi connectivity index (χ3n) is 2.19. The van der Waals surface area contributed by atoms with Gasteiger partial charge in [-0.2, -0.15) is 13.2 Å². The second-order valence-electron chi connectivity index (χ2n) is 3.58. The van der Waals surface area contributed by atoms with Gasteiger partial charge in [0.2, 0.25) is 5.91 Å². The number of Topliss-reactive ketones (excluding diaryl/α,β-unsaturated/α-hetero) is 1. The van der Waals surface area contributed by atoms with Crippen LogP contribution >= 0.6 is 11.6 Å². The van der Waals surface area contributed by atoms with Gasteiger partial charge in [-0.05, 0) is 12.1 Å². The minimum Gasteiger partial charge on any atom is -0.368 e. The number of amides is 1. The summed E-state index contributed by atoms with van der Waals surface area (Å²) in [6.45, 7) is 0. The average Bonchev–Trinajstić information content (AvgIpc) is 2.27. The molecule has 7 heteroatoms. The molecule has 0 saturated carbocycles. The highest BCUT2D eigenvalue weighted by molar-refractivity contribution is 6.32. The molecule has 18 heavy (non-hydrogen) atoms. The molecular formula is C11H9ClF3NO2. The van der Waals surface area contributed by atoms with E-state index in [9.17, 15) is 22.8 Å². The molecule has 98 valence electrons. The van der Waals surface area contributed by atoms with E-state index in [4.69, 9.17) is 17.3 Å². The van der Waals surface area contributed by atoms with E-state index in [1.54, 1.807) is 0 Å². The molecule has 1 atom stereocenters. The van der Waals surface area contributed by atoms with Crippen LogP contribution in [-0.4, -0.2) is 17.1 Å². The summed E-state index contributed by atoms with van der Waals surface area (Å²) in [6, 6.07) is 3.90. The van der Waals surface area contributed by atoms with Gasteiger partial charge in [0.25, 0.3) is 0 Å². The summed E-state index contributed by atoms with van der Waals surface area (Å²) in [7, 11) is 0. The Bertz CT molecular complexity index is 474. The Balaban J connectivity index is 2.91. The van der Waals surface area contributed by atoms with Crippen LogP contribution in [0.1, 0.15) is 22.3 Å². The number of hydrogen-bond donors (Lipinski definition) is 1. The van der Waals surface area contributed by atoms with Gasteiger partial charge in [0, 0.05) is 12.0 Å². The number of primary amides is 1. The largest absolute Gasteiger partial charge is 0.416 e. The van der Waals surface area contributed by atoms with Gasteiger partial charge in [0.05, 0.1) is 5.56 Å². The smallest absolute Gasteiger partial charge is 0.368 e. The SMILES string of the molecule is NC(=O)C(Cl)CC(=O)c1cccc(C(F)(F)F)c1. The van der Waals surface area contributed by atoms with Crippen molar-refractivity contribution in [2.24, 2.45) is 5.73 Å². The highest BCUT2D eigenvalue weighted by Crippen LogP contribution is 2.29. The summed E-state index contributed by atoms with van der Waals surface area (Å²) in [5, 5.41) is -1.23. The Hall–Kier alpha value is -1.56. The molecule has 0 aliphatic rings. The molecule has 1 aromatic carbocycles. The van der Waals surface area contributed by atoms with Crippen LogP contribution in [-0.2, 0) is 11.0 Å². The number of carbonyl (C=O) groups excluding carboxylic acids is 2. The van der Waals surface area contributed by atoms with Gasteiger partial charge in [0.1, 0.15) is 5.38 Å². The van der Waals surface area contributed by atoms with Crippen LogP contribution < -0.4 is 5.73 Å². The van der Waals surface area contributed by atoms with Crippen LogP contribution in [0.3, 0.4) is 0 Å². The summed E-state index contributed by atoms with van der Waals surface area (Å²) < 4.78 is 37.2. The molecule has 0 radical (unpaired) electrons. The van der Waals surface area contributed by atoms with Crippen molar-refractivity contribution in [3.05, 3.63) is 35.4 Å². The molecule has 1 rings (SSSR count). The molecule has 3 nitrogen and oxygen atoms in total. The molecule has 0 fully saturated rings. The molecule has 0 saturated heterocycles. The van der Waals surface area contributed by atoms with Gasteiger partial charge >= 0.3 is 6.18 Å². The number of ketones is 1. The Kier molecular flexibility index (Phi) is 4.34. The highest BCUT2D eigenvalue weighted by Gasteiger charge is 2.31. The van der Waals surface area contributed by atoms with E-state index in [0.717, 1.165) is 12.1 Å². The monoisotopic (exact) mass is 279 g/mol. The van der Waals surface area contributed by atoms with Crippen LogP contribution in [0.25, 0.3) is 0 Å². The van der Waals surface area contributed by atoms with Crippen molar-refractivity contribution in [3.63, 3.8) is 0 Å². The lowest BCUT2D eigenvalue weighted by Crippen LogP contribution is -2.26. The maximum Gasteiger partial charge on any atom is 0.416 e. The summed E-state index contributed by atoms with van der Waals surface area (Å²) in [5.41, 5.74) is 3.77. The predicted octanol–water partition coefficient (Wildman–Crippen LogP) is 2.37. The van der Waals surface area contributed by atoms with Crippen molar-refractivity contribution in [2.75, 3.05) is 0 Å². The van der Waals surface area contributed by atoms with Crippen molar-refractivity contribution < 1.29 is 22.8 Å². The van der Waals surface area contributed by atoms with E-state index >= 15 is 0 Å². The van der Waals surface area contributed by atoms with Crippen LogP contribution in [0.2, 0.25) is 0 Å². The van der Waals surface area contributed by atoms with Crippen LogP contribution in [0.5, 0.6) is 0 Å². The van der Waals surface area contributed by atoms with Crippen LogP contribution in [0.4, 0.5) is 13.2 Å². The Morgan fingerprint density at radius 1 is 1.33 bits per heavy atom. The first-order chi connectivity index (χ1) is 8.21. The zero-order chi connectivity index (χ0) is 13.9. The normalized spacial score (nSPS) is 13.1. The predicted molar refractivity (Wildman–Crippen MR) is 59.2 cm³/mol. The first-order valence-corrected chi connectivity index (χ1v) is 5.29. The van der Waals surface area contributed by atoms with Crippen molar-refractivity contribution >= 4 is 23.3 Å². The molecule has 0 aliphatic heterocycles. The minimum absolute atomic E-state index is 0.156. The molecule has 1 unspecified atom stereocenters. The Morgan fingerprint density at radius 3 is 2.44 bits per heavy atom. The summed E-state index contributed by atoms with van der Waals surface area (Å²) in [4.78, 5) is 22.2. The lowest BCUT2D eigenvalue weighted by Gasteiger charge is -2.09. The number of halogens is 4. The number of alkyl halides is 4. The van der Waals surface area contributed by atoms with Gasteiger partial charge in [0.15, 0.2) is 5.78 Å². The average molecular weight is 280 g/mol. The number of rotatable bonds is 4. The van der Waals surface area contributed by atoms with Crippen molar-refractivity contribution in [3.8, 4) is 0 Å². The lowest BCUT2D eigenvalue weighted by atomic mass is 10.0. The maximum atomic E-state index is 12.4. The minimum atomic E-state index is -4.53. The van der Waals surface area contributed by atoms with Gasteiger partial charge in [-0.3, -0.25) is 9.59 Å². The van der Waals surface area contributed by atoms with E-state index < -0.39 is 35.2 Å². The van der Waals surface area contributed by atoms with Gasteiger partial charge in [-0.25, -0.2) is 0 Å². The molecule has 0 aromatic heterocycles. The second kappa shape index (κ2) is 5.39. The first-order valence-electron chi connectivity index (χ1n) is 4.85. The number of carbonyl (C=O) groups is 2. The van der Waals surface area contributed by atoms with Crippen LogP contribution in [0.15, 0.2) is 24.3 Å². The molecule has 0 heterocycles. The third kappa shape index (κ3) is 3.73. The number of nitrogens with two attached hydrogens (primary N) is 1. The summed E-state index contributed by atoms with van der Waals surface area (Å²) in [6.07, 6.45) is -4.96. The molecule has 1 aromatic rings. The zero-order valence-corrected chi connectivity index (χ0v) is 9.76. The summed E-state index contributed by atoms with van der Waals surface area (Å²) >= 11 is 5.47. The molecule has 0 spiro atoms. The van der Waals surface area contributed by atoms with Crippen molar-refractivity contribution in [1.29, 1.82) is 0 Å². The molecule has 2 N–H and O–H groups in total. The number of benzene rings is 1.